The number of non-ortho nitro benzene ring substituents is 1. The van der Waals surface area contributed by atoms with Crippen molar-refractivity contribution < 1.29 is 9.72 Å². The number of anilines is 1. The summed E-state index contributed by atoms with van der Waals surface area (Å²) in [5.41, 5.74) is 0.391. The molecule has 1 fully saturated rings. The molecule has 2 aromatic rings. The maximum absolute atomic E-state index is 12.3. The normalized spacial score (nSPS) is 15.4. The van der Waals surface area contributed by atoms with Gasteiger partial charge in [-0.05, 0) is 18.9 Å². The number of carbonyl (C=O) groups is 1. The van der Waals surface area contributed by atoms with Crippen LogP contribution in [-0.2, 0) is 0 Å². The summed E-state index contributed by atoms with van der Waals surface area (Å²) in [5.74, 6) is 0. The molecule has 0 spiro atoms. The third-order valence-corrected chi connectivity index (χ3v) is 4.01. The fourth-order valence-electron chi connectivity index (χ4n) is 2.75. The predicted molar refractivity (Wildman–Crippen MR) is 84.2 cm³/mol. The van der Waals surface area contributed by atoms with E-state index in [2.05, 4.69) is 14.9 Å². The Balaban J connectivity index is 1.57. The molecule has 23 heavy (non-hydrogen) atoms. The molecule has 120 valence electrons. The third kappa shape index (κ3) is 3.47. The minimum atomic E-state index is -0.480. The van der Waals surface area contributed by atoms with E-state index in [1.807, 2.05) is 6.20 Å². The number of likely N-dealkylation sites (tertiary alicyclic amines) is 1. The van der Waals surface area contributed by atoms with Gasteiger partial charge in [-0.3, -0.25) is 10.1 Å². The van der Waals surface area contributed by atoms with Gasteiger partial charge in [-0.1, -0.05) is 6.07 Å². The fraction of sp³-hybridized carbons (Fsp3) is 0.333. The highest BCUT2D eigenvalue weighted by atomic mass is 16.6. The summed E-state index contributed by atoms with van der Waals surface area (Å²) in [7, 11) is 0. The van der Waals surface area contributed by atoms with Crippen molar-refractivity contribution in [3.63, 3.8) is 0 Å². The molecular weight excluding hydrogens is 298 g/mol. The third-order valence-electron chi connectivity index (χ3n) is 4.01. The number of amides is 2. The molecule has 8 heteroatoms. The topological polar surface area (TPSA) is 93.3 Å². The van der Waals surface area contributed by atoms with Crippen LogP contribution in [0.2, 0.25) is 0 Å². The summed E-state index contributed by atoms with van der Waals surface area (Å²) >= 11 is 0. The number of urea groups is 1. The molecule has 1 aliphatic rings. The summed E-state index contributed by atoms with van der Waals surface area (Å²) in [5, 5.41) is 13.5. The molecule has 1 N–H and O–H groups in total. The molecule has 3 rings (SSSR count). The molecule has 1 aromatic heterocycles. The van der Waals surface area contributed by atoms with Crippen LogP contribution >= 0.6 is 0 Å². The SMILES string of the molecule is O=C(Nc1cccc([N+](=O)[O-])c1)N1CCC(n2ccnc2)CC1. The Bertz CT molecular complexity index is 693. The van der Waals surface area contributed by atoms with E-state index in [0.717, 1.165) is 12.8 Å². The molecule has 1 saturated heterocycles. The van der Waals surface area contributed by atoms with E-state index < -0.39 is 4.92 Å². The fourth-order valence-corrected chi connectivity index (χ4v) is 2.75. The Hall–Kier alpha value is -2.90. The Morgan fingerprint density at radius 3 is 2.78 bits per heavy atom. The Morgan fingerprint density at radius 2 is 2.13 bits per heavy atom. The molecule has 1 aromatic carbocycles. The number of nitrogens with zero attached hydrogens (tertiary/aromatic N) is 4. The Labute approximate surface area is 132 Å². The van der Waals surface area contributed by atoms with Crippen LogP contribution in [0.5, 0.6) is 0 Å². The van der Waals surface area contributed by atoms with Crippen molar-refractivity contribution in [2.75, 3.05) is 18.4 Å². The molecule has 0 atom stereocenters. The standard InChI is InChI=1S/C15H17N5O3/c21-15(17-12-2-1-3-14(10-12)20(22)23)18-7-4-13(5-8-18)19-9-6-16-11-19/h1-3,6,9-11,13H,4-5,7-8H2,(H,17,21). The average molecular weight is 315 g/mol. The molecule has 0 unspecified atom stereocenters. The number of piperidine rings is 1. The van der Waals surface area contributed by atoms with Crippen molar-refractivity contribution in [2.24, 2.45) is 0 Å². The monoisotopic (exact) mass is 315 g/mol. The minimum Gasteiger partial charge on any atom is -0.334 e. The number of carbonyl (C=O) groups excluding carboxylic acids is 1. The van der Waals surface area contributed by atoms with Crippen LogP contribution in [0, 0.1) is 10.1 Å². The minimum absolute atomic E-state index is 0.0402. The van der Waals surface area contributed by atoms with Crippen LogP contribution in [0.4, 0.5) is 16.2 Å². The second-order valence-electron chi connectivity index (χ2n) is 5.47. The number of nitrogens with one attached hydrogen (secondary N) is 1. The van der Waals surface area contributed by atoms with Crippen LogP contribution in [0.15, 0.2) is 43.0 Å². The number of imidazole rings is 1. The molecule has 0 saturated carbocycles. The highest BCUT2D eigenvalue weighted by molar-refractivity contribution is 5.89. The zero-order valence-electron chi connectivity index (χ0n) is 12.5. The second-order valence-corrected chi connectivity index (χ2v) is 5.47. The van der Waals surface area contributed by atoms with Crippen LogP contribution < -0.4 is 5.32 Å². The van der Waals surface area contributed by atoms with Gasteiger partial charge in [0.25, 0.3) is 5.69 Å². The second kappa shape index (κ2) is 6.47. The van der Waals surface area contributed by atoms with Crippen molar-refractivity contribution in [3.8, 4) is 0 Å². The van der Waals surface area contributed by atoms with E-state index in [1.165, 1.54) is 12.1 Å². The first-order valence-corrected chi connectivity index (χ1v) is 7.41. The van der Waals surface area contributed by atoms with Crippen LogP contribution in [0.3, 0.4) is 0 Å². The largest absolute Gasteiger partial charge is 0.334 e. The maximum Gasteiger partial charge on any atom is 0.321 e. The van der Waals surface area contributed by atoms with Crippen molar-refractivity contribution in [2.45, 2.75) is 18.9 Å². The van der Waals surface area contributed by atoms with Gasteiger partial charge in [0, 0.05) is 49.3 Å². The summed E-state index contributed by atoms with van der Waals surface area (Å²) in [4.78, 5) is 28.3. The highest BCUT2D eigenvalue weighted by Gasteiger charge is 2.23. The maximum atomic E-state index is 12.3. The lowest BCUT2D eigenvalue weighted by Crippen LogP contribution is -2.41. The molecule has 0 bridgehead atoms. The van der Waals surface area contributed by atoms with Gasteiger partial charge in [0.2, 0.25) is 0 Å². The summed E-state index contributed by atoms with van der Waals surface area (Å²) < 4.78 is 2.07. The van der Waals surface area contributed by atoms with Gasteiger partial charge >= 0.3 is 6.03 Å². The van der Waals surface area contributed by atoms with Crippen molar-refractivity contribution >= 4 is 17.4 Å². The number of hydrogen-bond donors (Lipinski definition) is 1. The van der Waals surface area contributed by atoms with Gasteiger partial charge in [0.1, 0.15) is 0 Å². The molecule has 2 amide bonds. The van der Waals surface area contributed by atoms with Crippen LogP contribution in [0.25, 0.3) is 0 Å². The predicted octanol–water partition coefficient (Wildman–Crippen LogP) is 2.66. The number of rotatable bonds is 3. The molecule has 8 nitrogen and oxygen atoms in total. The smallest absolute Gasteiger partial charge is 0.321 e. The molecule has 0 aliphatic carbocycles. The lowest BCUT2D eigenvalue weighted by Gasteiger charge is -2.32. The average Bonchev–Trinajstić information content (AvgIpc) is 3.09. The van der Waals surface area contributed by atoms with E-state index in [1.54, 1.807) is 29.6 Å². The van der Waals surface area contributed by atoms with Gasteiger partial charge in [-0.2, -0.15) is 0 Å². The number of hydrogen-bond acceptors (Lipinski definition) is 4. The lowest BCUT2D eigenvalue weighted by molar-refractivity contribution is -0.384. The molecule has 1 aliphatic heterocycles. The molecule has 0 radical (unpaired) electrons. The van der Waals surface area contributed by atoms with Gasteiger partial charge in [0.05, 0.1) is 11.3 Å². The summed E-state index contributed by atoms with van der Waals surface area (Å²) in [6, 6.07) is 6.08. The lowest BCUT2D eigenvalue weighted by atomic mass is 10.1. The van der Waals surface area contributed by atoms with Gasteiger partial charge in [-0.25, -0.2) is 9.78 Å². The van der Waals surface area contributed by atoms with Crippen LogP contribution in [0.1, 0.15) is 18.9 Å². The first-order chi connectivity index (χ1) is 11.1. The van der Waals surface area contributed by atoms with E-state index in [0.29, 0.717) is 24.8 Å². The zero-order chi connectivity index (χ0) is 16.2. The van der Waals surface area contributed by atoms with Crippen molar-refractivity contribution in [1.82, 2.24) is 14.5 Å². The van der Waals surface area contributed by atoms with Crippen molar-refractivity contribution in [1.29, 1.82) is 0 Å². The van der Waals surface area contributed by atoms with Gasteiger partial charge < -0.3 is 14.8 Å². The van der Waals surface area contributed by atoms with Crippen LogP contribution in [-0.4, -0.2) is 38.5 Å². The van der Waals surface area contributed by atoms with E-state index >= 15 is 0 Å². The first kappa shape index (κ1) is 15.0. The number of nitro groups is 1. The highest BCUT2D eigenvalue weighted by Crippen LogP contribution is 2.23. The summed E-state index contributed by atoms with van der Waals surface area (Å²) in [6.07, 6.45) is 7.20. The van der Waals surface area contributed by atoms with E-state index in [9.17, 15) is 14.9 Å². The Morgan fingerprint density at radius 1 is 1.35 bits per heavy atom. The zero-order valence-corrected chi connectivity index (χ0v) is 12.5. The van der Waals surface area contributed by atoms with E-state index in [4.69, 9.17) is 0 Å². The summed E-state index contributed by atoms with van der Waals surface area (Å²) in [6.45, 7) is 1.28. The van der Waals surface area contributed by atoms with Gasteiger partial charge in [-0.15, -0.1) is 0 Å². The molecule has 2 heterocycles. The number of benzene rings is 1. The first-order valence-electron chi connectivity index (χ1n) is 7.41. The number of aromatic nitrogens is 2. The molecular formula is C15H17N5O3. The van der Waals surface area contributed by atoms with Crippen molar-refractivity contribution in [3.05, 3.63) is 53.1 Å². The quantitative estimate of drug-likeness (QED) is 0.696. The Kier molecular flexibility index (Phi) is 4.22. The number of nitro benzene ring substituents is 1. The van der Waals surface area contributed by atoms with E-state index in [-0.39, 0.29) is 11.7 Å². The van der Waals surface area contributed by atoms with Gasteiger partial charge in [0.15, 0.2) is 0 Å².